The zero-order valence-corrected chi connectivity index (χ0v) is 10.9. The average Bonchev–Trinajstić information content (AvgIpc) is 3.03. The molecule has 2 amide bonds. The molecule has 1 fully saturated rings. The number of fused-ring (bicyclic) bond motifs is 1. The van der Waals surface area contributed by atoms with Crippen LogP contribution in [0.2, 0.25) is 0 Å². The number of likely N-dealkylation sites (tertiary alicyclic amines) is 1. The van der Waals surface area contributed by atoms with Crippen molar-refractivity contribution >= 4 is 28.4 Å². The second-order valence-electron chi connectivity index (χ2n) is 5.17. The normalized spacial score (nSPS) is 18.6. The number of anilines is 1. The van der Waals surface area contributed by atoms with E-state index in [0.29, 0.717) is 30.9 Å². The van der Waals surface area contributed by atoms with E-state index in [-0.39, 0.29) is 17.7 Å². The highest BCUT2D eigenvalue weighted by atomic mass is 16.2. The molecule has 1 aliphatic heterocycles. The Hall–Kier alpha value is -2.50. The number of nitrogens with one attached hydrogen (secondary N) is 1. The van der Waals surface area contributed by atoms with Gasteiger partial charge in [0.25, 0.3) is 5.91 Å². The Morgan fingerprint density at radius 3 is 2.80 bits per heavy atom. The van der Waals surface area contributed by atoms with Crippen LogP contribution >= 0.6 is 0 Å². The zero-order valence-electron chi connectivity index (χ0n) is 10.9. The number of nitrogen functional groups attached to an aromatic ring is 1. The Balaban J connectivity index is 1.84. The molecule has 0 bridgehead atoms. The first-order chi connectivity index (χ1) is 9.54. The van der Waals surface area contributed by atoms with Crippen molar-refractivity contribution in [1.29, 1.82) is 0 Å². The molecule has 1 aromatic carbocycles. The smallest absolute Gasteiger partial charge is 0.270 e. The molecule has 20 heavy (non-hydrogen) atoms. The molecule has 0 radical (unpaired) electrons. The van der Waals surface area contributed by atoms with Gasteiger partial charge in [-0.25, -0.2) is 0 Å². The molecular formula is C14H16N4O2. The minimum absolute atomic E-state index is 0.108. The number of aromatic amines is 1. The van der Waals surface area contributed by atoms with Crippen molar-refractivity contribution in [1.82, 2.24) is 9.88 Å². The summed E-state index contributed by atoms with van der Waals surface area (Å²) in [5.41, 5.74) is 13.0. The molecule has 3 rings (SSSR count). The fourth-order valence-corrected chi connectivity index (χ4v) is 2.61. The number of hydrogen-bond donors (Lipinski definition) is 3. The number of primary amides is 1. The number of amides is 2. The van der Waals surface area contributed by atoms with Gasteiger partial charge in [-0.1, -0.05) is 0 Å². The van der Waals surface area contributed by atoms with Crippen molar-refractivity contribution in [3.8, 4) is 0 Å². The molecule has 2 heterocycles. The second kappa shape index (κ2) is 4.56. The zero-order chi connectivity index (χ0) is 14.3. The lowest BCUT2D eigenvalue weighted by molar-refractivity contribution is -0.121. The van der Waals surface area contributed by atoms with E-state index in [1.807, 2.05) is 12.1 Å². The van der Waals surface area contributed by atoms with Gasteiger partial charge in [0.05, 0.1) is 5.92 Å². The Bertz CT molecular complexity index is 692. The highest BCUT2D eigenvalue weighted by Gasteiger charge is 2.30. The largest absolute Gasteiger partial charge is 0.399 e. The van der Waals surface area contributed by atoms with E-state index in [1.165, 1.54) is 0 Å². The molecule has 0 saturated carbocycles. The number of nitrogens with zero attached hydrogens (tertiary/aromatic N) is 1. The summed E-state index contributed by atoms with van der Waals surface area (Å²) in [4.78, 5) is 28.3. The first-order valence-electron chi connectivity index (χ1n) is 6.51. The van der Waals surface area contributed by atoms with E-state index in [9.17, 15) is 9.59 Å². The summed E-state index contributed by atoms with van der Waals surface area (Å²) in [5, 5.41) is 0.902. The van der Waals surface area contributed by atoms with Gasteiger partial charge in [-0.15, -0.1) is 0 Å². The molecule has 5 N–H and O–H groups in total. The average molecular weight is 272 g/mol. The first kappa shape index (κ1) is 12.5. The maximum atomic E-state index is 12.4. The van der Waals surface area contributed by atoms with E-state index >= 15 is 0 Å². The van der Waals surface area contributed by atoms with E-state index < -0.39 is 0 Å². The summed E-state index contributed by atoms with van der Waals surface area (Å²) in [6, 6.07) is 7.23. The molecule has 0 spiro atoms. The maximum Gasteiger partial charge on any atom is 0.270 e. The third kappa shape index (κ3) is 2.09. The number of benzene rings is 1. The van der Waals surface area contributed by atoms with Gasteiger partial charge >= 0.3 is 0 Å². The Morgan fingerprint density at radius 1 is 1.30 bits per heavy atom. The van der Waals surface area contributed by atoms with Gasteiger partial charge < -0.3 is 21.4 Å². The van der Waals surface area contributed by atoms with Crippen molar-refractivity contribution in [2.45, 2.75) is 6.42 Å². The van der Waals surface area contributed by atoms with Crippen LogP contribution in [0.25, 0.3) is 10.9 Å². The quantitative estimate of drug-likeness (QED) is 0.700. The van der Waals surface area contributed by atoms with Gasteiger partial charge in [0.1, 0.15) is 5.69 Å². The molecule has 6 heteroatoms. The third-order valence-electron chi connectivity index (χ3n) is 3.75. The van der Waals surface area contributed by atoms with Crippen molar-refractivity contribution in [2.75, 3.05) is 18.8 Å². The molecule has 0 aliphatic carbocycles. The summed E-state index contributed by atoms with van der Waals surface area (Å²) in [7, 11) is 0. The number of carbonyl (C=O) groups is 2. The van der Waals surface area contributed by atoms with Gasteiger partial charge in [0.15, 0.2) is 0 Å². The summed E-state index contributed by atoms with van der Waals surface area (Å²) >= 11 is 0. The highest BCUT2D eigenvalue weighted by molar-refractivity contribution is 5.99. The first-order valence-corrected chi connectivity index (χ1v) is 6.51. The van der Waals surface area contributed by atoms with Crippen LogP contribution in [-0.2, 0) is 4.79 Å². The summed E-state index contributed by atoms with van der Waals surface area (Å²) < 4.78 is 0. The molecule has 1 saturated heterocycles. The standard InChI is InChI=1S/C14H16N4O2/c15-10-1-2-11-9(5-10)6-12(17-11)14(20)18-4-3-8(7-18)13(16)19/h1-2,5-6,8,17H,3-4,7,15H2,(H2,16,19). The molecular weight excluding hydrogens is 256 g/mol. The fourth-order valence-electron chi connectivity index (χ4n) is 2.61. The van der Waals surface area contributed by atoms with Gasteiger partial charge in [0.2, 0.25) is 5.91 Å². The third-order valence-corrected chi connectivity index (χ3v) is 3.75. The van der Waals surface area contributed by atoms with Gasteiger partial charge in [0, 0.05) is 29.7 Å². The van der Waals surface area contributed by atoms with Gasteiger partial charge in [-0.3, -0.25) is 9.59 Å². The van der Waals surface area contributed by atoms with E-state index in [2.05, 4.69) is 4.98 Å². The Morgan fingerprint density at radius 2 is 2.10 bits per heavy atom. The topological polar surface area (TPSA) is 105 Å². The minimum Gasteiger partial charge on any atom is -0.399 e. The second-order valence-corrected chi connectivity index (χ2v) is 5.17. The molecule has 104 valence electrons. The number of aromatic nitrogens is 1. The minimum atomic E-state index is -0.343. The van der Waals surface area contributed by atoms with Crippen LogP contribution in [0, 0.1) is 5.92 Å². The maximum absolute atomic E-state index is 12.4. The predicted molar refractivity (Wildman–Crippen MR) is 75.9 cm³/mol. The van der Waals surface area contributed by atoms with Crippen LogP contribution in [0.1, 0.15) is 16.9 Å². The summed E-state index contributed by atoms with van der Waals surface area (Å²) in [5.74, 6) is -0.688. The lowest BCUT2D eigenvalue weighted by Gasteiger charge is -2.14. The summed E-state index contributed by atoms with van der Waals surface area (Å²) in [6.45, 7) is 0.954. The Kier molecular flexibility index (Phi) is 2.85. The Labute approximate surface area is 115 Å². The van der Waals surface area contributed by atoms with Crippen molar-refractivity contribution in [3.63, 3.8) is 0 Å². The number of rotatable bonds is 2. The fraction of sp³-hybridized carbons (Fsp3) is 0.286. The SMILES string of the molecule is NC(=O)C1CCN(C(=O)c2cc3cc(N)ccc3[nH]2)C1. The van der Waals surface area contributed by atoms with Gasteiger partial charge in [-0.2, -0.15) is 0 Å². The molecule has 1 aliphatic rings. The van der Waals surface area contributed by atoms with E-state index in [4.69, 9.17) is 11.5 Å². The van der Waals surface area contributed by atoms with Crippen LogP contribution in [0.15, 0.2) is 24.3 Å². The van der Waals surface area contributed by atoms with E-state index in [1.54, 1.807) is 17.0 Å². The van der Waals surface area contributed by atoms with Crippen molar-refractivity contribution < 1.29 is 9.59 Å². The van der Waals surface area contributed by atoms with Crippen LogP contribution in [0.5, 0.6) is 0 Å². The highest BCUT2D eigenvalue weighted by Crippen LogP contribution is 2.22. The van der Waals surface area contributed by atoms with Crippen LogP contribution in [0.4, 0.5) is 5.69 Å². The van der Waals surface area contributed by atoms with Gasteiger partial charge in [-0.05, 0) is 30.7 Å². The monoisotopic (exact) mass is 272 g/mol. The summed E-state index contributed by atoms with van der Waals surface area (Å²) in [6.07, 6.45) is 0.633. The van der Waals surface area contributed by atoms with Crippen LogP contribution in [-0.4, -0.2) is 34.8 Å². The predicted octanol–water partition coefficient (Wildman–Crippen LogP) is 0.697. The van der Waals surface area contributed by atoms with Crippen LogP contribution in [0.3, 0.4) is 0 Å². The number of hydrogen-bond acceptors (Lipinski definition) is 3. The lowest BCUT2D eigenvalue weighted by Crippen LogP contribution is -2.31. The number of nitrogens with two attached hydrogens (primary N) is 2. The van der Waals surface area contributed by atoms with E-state index in [0.717, 1.165) is 10.9 Å². The van der Waals surface area contributed by atoms with Crippen molar-refractivity contribution in [2.24, 2.45) is 11.7 Å². The molecule has 1 unspecified atom stereocenters. The lowest BCUT2D eigenvalue weighted by atomic mass is 10.1. The number of H-pyrrole nitrogens is 1. The molecule has 6 nitrogen and oxygen atoms in total. The molecule has 2 aromatic rings. The van der Waals surface area contributed by atoms with Crippen molar-refractivity contribution in [3.05, 3.63) is 30.0 Å². The number of carbonyl (C=O) groups excluding carboxylic acids is 2. The molecule has 1 aromatic heterocycles. The molecule has 1 atom stereocenters. The van der Waals surface area contributed by atoms with Crippen LogP contribution < -0.4 is 11.5 Å².